The molecule has 0 aliphatic carbocycles. The summed E-state index contributed by atoms with van der Waals surface area (Å²) in [5, 5.41) is 57.5. The van der Waals surface area contributed by atoms with E-state index in [1.165, 1.54) is 0 Å². The number of amides is 6. The van der Waals surface area contributed by atoms with Gasteiger partial charge in [0.2, 0.25) is 23.6 Å². The first kappa shape index (κ1) is 72.1. The Morgan fingerprint density at radius 3 is 1.81 bits per heavy atom. The fourth-order valence-electron chi connectivity index (χ4n) is 9.43. The van der Waals surface area contributed by atoms with Gasteiger partial charge in [0.05, 0.1) is 32.2 Å². The number of rotatable bonds is 36. The average molecular weight is 1240 g/mol. The number of aliphatic imine (C=N–C) groups is 1. The number of guanidine groups is 1. The minimum Gasteiger partial charge on any atom is -0.508 e. The number of nitrogens with one attached hydrogen (secondary N) is 7. The second-order valence-electron chi connectivity index (χ2n) is 20.9. The van der Waals surface area contributed by atoms with E-state index in [-0.39, 0.29) is 142 Å². The Labute approximate surface area is 510 Å². The van der Waals surface area contributed by atoms with Gasteiger partial charge in [0.1, 0.15) is 35.3 Å². The Morgan fingerprint density at radius 2 is 1.20 bits per heavy atom. The number of aldehydes is 1. The van der Waals surface area contributed by atoms with Crippen LogP contribution in [0.2, 0.25) is 0 Å². The van der Waals surface area contributed by atoms with Crippen LogP contribution in [0.1, 0.15) is 87.3 Å². The molecule has 484 valence electrons. The van der Waals surface area contributed by atoms with Crippen LogP contribution in [0.25, 0.3) is 0 Å². The molecule has 1 aliphatic rings. The Bertz CT molecular complexity index is 2710. The first-order valence-electron chi connectivity index (χ1n) is 29.4. The van der Waals surface area contributed by atoms with Crippen LogP contribution in [0.4, 0.5) is 13.6 Å². The Balaban J connectivity index is 1.27. The number of aliphatic carboxylic acids is 3. The van der Waals surface area contributed by atoms with Crippen LogP contribution in [0, 0.1) is 11.6 Å². The van der Waals surface area contributed by atoms with E-state index in [2.05, 4.69) is 42.2 Å². The van der Waals surface area contributed by atoms with E-state index < -0.39 is 83.4 Å². The summed E-state index contributed by atoms with van der Waals surface area (Å²) in [7, 11) is 0. The Morgan fingerprint density at radius 1 is 0.636 bits per heavy atom. The number of nitrogens with zero attached hydrogens (tertiary/aromatic N) is 5. The molecule has 88 heavy (non-hydrogen) atoms. The molecule has 3 aromatic carbocycles. The number of carbonyl (C=O) groups excluding carboxylic acids is 6. The van der Waals surface area contributed by atoms with Gasteiger partial charge in [0.25, 0.3) is 0 Å². The van der Waals surface area contributed by atoms with Crippen LogP contribution in [0.5, 0.6) is 11.5 Å². The van der Waals surface area contributed by atoms with Gasteiger partial charge < -0.3 is 67.6 Å². The SMILES string of the molecule is CCC(=O)NCCNC(=O)/N=C(/N)NCCC[C@@H](NC(=O)[C@@H](c1ccccc1)c1cccc(OCCCCNC(=O)CCCCCNC(C=O)N2CCN(CC(=O)O)CCN(CC(=O)O)CCN(CC(=O)O)CC2)c1)C(=O)NCc1c(F)cc(O)cc1F. The number of carbonyl (C=O) groups is 9. The van der Waals surface area contributed by atoms with E-state index in [9.17, 15) is 72.4 Å². The van der Waals surface area contributed by atoms with Crippen molar-refractivity contribution in [3.05, 3.63) is 95.1 Å². The van der Waals surface area contributed by atoms with E-state index in [4.69, 9.17) is 10.5 Å². The number of phenolic OH excluding ortho intramolecular Hbond substituents is 1. The molecule has 13 N–H and O–H groups in total. The highest BCUT2D eigenvalue weighted by Crippen LogP contribution is 2.29. The van der Waals surface area contributed by atoms with Crippen molar-refractivity contribution < 1.29 is 77.1 Å². The van der Waals surface area contributed by atoms with Crippen molar-refractivity contribution in [2.75, 3.05) is 111 Å². The van der Waals surface area contributed by atoms with Gasteiger partial charge in [0.15, 0.2) is 12.2 Å². The number of unbranched alkanes of at least 4 members (excludes halogenated alkanes) is 3. The van der Waals surface area contributed by atoms with Crippen LogP contribution in [-0.4, -0.2) is 223 Å². The van der Waals surface area contributed by atoms with E-state index in [1.807, 2.05) is 4.90 Å². The predicted octanol–water partition coefficient (Wildman–Crippen LogP) is 0.949. The topological polar surface area (TPSA) is 379 Å². The highest BCUT2D eigenvalue weighted by molar-refractivity contribution is 5.93. The zero-order valence-corrected chi connectivity index (χ0v) is 49.7. The zero-order valence-electron chi connectivity index (χ0n) is 49.7. The number of aromatic hydroxyl groups is 1. The molecule has 0 bridgehead atoms. The van der Waals surface area contributed by atoms with Crippen molar-refractivity contribution in [3.63, 3.8) is 0 Å². The van der Waals surface area contributed by atoms with Crippen molar-refractivity contribution >= 4 is 59.8 Å². The molecule has 29 heteroatoms. The number of benzene rings is 3. The van der Waals surface area contributed by atoms with Crippen LogP contribution >= 0.6 is 0 Å². The number of phenols is 1. The lowest BCUT2D eigenvalue weighted by Crippen LogP contribution is -2.54. The molecule has 27 nitrogen and oxygen atoms in total. The molecule has 1 aliphatic heterocycles. The van der Waals surface area contributed by atoms with Gasteiger partial charge in [-0.1, -0.05) is 55.8 Å². The van der Waals surface area contributed by atoms with Gasteiger partial charge in [-0.3, -0.25) is 58.5 Å². The third-order valence-electron chi connectivity index (χ3n) is 14.1. The molecular weight excluding hydrogens is 1150 g/mol. The summed E-state index contributed by atoms with van der Waals surface area (Å²) in [6.07, 6.45) is 3.82. The standard InChI is InChI=1S/C59H85F2N13O14/c1-2-50(77)65-22-23-67-59(87)70-58(62)66-21-12-17-48(56(85)68-36-45-46(60)34-43(76)35-47(45)61)69-57(86)55(41-13-5-3-6-14-41)42-15-11-16-44(33-42)88-32-10-9-20-64-51(78)18-7-4-8-19-63-49(40-75)74-30-28-72(38-53(81)82)26-24-71(37-52(79)80)25-27-73(29-31-74)39-54(83)84/h3,5-6,11,13-16,33-35,40,48-49,55,63,76H,2,4,7-10,12,17-32,36-39H2,1H3,(H,64,78)(H,65,77)(H,68,85)(H,69,86)(H,79,80)(H,81,82)(H,83,84)(H4,62,66,67,70,87)/t48-,49?,55+/m1/s1. The zero-order chi connectivity index (χ0) is 64.2. The molecule has 0 saturated carbocycles. The van der Waals surface area contributed by atoms with Gasteiger partial charge in [-0.15, -0.1) is 0 Å². The molecule has 3 atom stereocenters. The summed E-state index contributed by atoms with van der Waals surface area (Å²) in [5.74, 6) is -8.39. The van der Waals surface area contributed by atoms with Gasteiger partial charge in [0, 0.05) is 116 Å². The van der Waals surface area contributed by atoms with Gasteiger partial charge in [-0.25, -0.2) is 13.6 Å². The third-order valence-corrected chi connectivity index (χ3v) is 14.1. The maximum atomic E-state index is 14.7. The van der Waals surface area contributed by atoms with Crippen LogP contribution in [0.3, 0.4) is 0 Å². The van der Waals surface area contributed by atoms with Crippen LogP contribution in [0.15, 0.2) is 71.7 Å². The number of halogens is 2. The highest BCUT2D eigenvalue weighted by atomic mass is 19.1. The first-order chi connectivity index (χ1) is 42.2. The minimum atomic E-state index is -1.25. The number of nitrogens with two attached hydrogens (primary N) is 1. The molecule has 1 fully saturated rings. The number of carboxylic acid groups (broad SMARTS) is 3. The highest BCUT2D eigenvalue weighted by Gasteiger charge is 2.29. The largest absolute Gasteiger partial charge is 0.508 e. The third kappa shape index (κ3) is 28.4. The fourth-order valence-corrected chi connectivity index (χ4v) is 9.43. The summed E-state index contributed by atoms with van der Waals surface area (Å²) >= 11 is 0. The van der Waals surface area contributed by atoms with E-state index >= 15 is 0 Å². The summed E-state index contributed by atoms with van der Waals surface area (Å²) in [4.78, 5) is 122. The minimum absolute atomic E-state index is 0.0150. The van der Waals surface area contributed by atoms with Crippen LogP contribution < -0.4 is 47.7 Å². The quantitative estimate of drug-likeness (QED) is 0.0167. The van der Waals surface area contributed by atoms with Crippen molar-refractivity contribution in [2.24, 2.45) is 10.7 Å². The van der Waals surface area contributed by atoms with Crippen molar-refractivity contribution in [1.29, 1.82) is 0 Å². The first-order valence-corrected chi connectivity index (χ1v) is 29.4. The lowest BCUT2D eigenvalue weighted by Gasteiger charge is -2.35. The molecule has 0 aromatic heterocycles. The maximum absolute atomic E-state index is 14.7. The molecular formula is C59H85F2N13O14. The summed E-state index contributed by atoms with van der Waals surface area (Å²) in [6.45, 7) is 3.82. The van der Waals surface area contributed by atoms with Crippen molar-refractivity contribution in [1.82, 2.24) is 56.8 Å². The summed E-state index contributed by atoms with van der Waals surface area (Å²) < 4.78 is 35.4. The fraction of sp³-hybridized carbons (Fsp3) is 0.525. The van der Waals surface area contributed by atoms with Crippen molar-refractivity contribution in [3.8, 4) is 11.5 Å². The molecule has 0 radical (unpaired) electrons. The molecule has 1 saturated heterocycles. The van der Waals surface area contributed by atoms with E-state index in [1.54, 1.807) is 76.2 Å². The molecule has 1 heterocycles. The number of urea groups is 1. The number of carboxylic acids is 3. The van der Waals surface area contributed by atoms with Crippen LogP contribution in [-0.2, 0) is 44.9 Å². The lowest BCUT2D eigenvalue weighted by atomic mass is 9.90. The van der Waals surface area contributed by atoms with Gasteiger partial charge >= 0.3 is 23.9 Å². The van der Waals surface area contributed by atoms with E-state index in [0.29, 0.717) is 74.2 Å². The lowest BCUT2D eigenvalue weighted by molar-refractivity contribution is -0.140. The molecule has 3 aromatic rings. The summed E-state index contributed by atoms with van der Waals surface area (Å²) in [6, 6.07) is 15.1. The predicted molar refractivity (Wildman–Crippen MR) is 320 cm³/mol. The molecule has 1 unspecified atom stereocenters. The monoisotopic (exact) mass is 1240 g/mol. The maximum Gasteiger partial charge on any atom is 0.344 e. The smallest absolute Gasteiger partial charge is 0.344 e. The van der Waals surface area contributed by atoms with Gasteiger partial charge in [-0.05, 0) is 68.3 Å². The number of hydrogen-bond donors (Lipinski definition) is 12. The summed E-state index contributed by atoms with van der Waals surface area (Å²) in [5.41, 5.74) is 6.49. The van der Waals surface area contributed by atoms with E-state index in [0.717, 1.165) is 6.29 Å². The van der Waals surface area contributed by atoms with Gasteiger partial charge in [-0.2, -0.15) is 4.99 Å². The Kier molecular flexibility index (Phi) is 32.9. The van der Waals surface area contributed by atoms with Crippen molar-refractivity contribution in [2.45, 2.75) is 89.4 Å². The normalized spacial score (nSPS) is 15.0. The Hall–Kier alpha value is -8.38. The number of ether oxygens (including phenoxy) is 1. The number of hydrogen-bond acceptors (Lipinski definition) is 16. The second kappa shape index (κ2) is 40.1. The molecule has 4 rings (SSSR count). The second-order valence-corrected chi connectivity index (χ2v) is 20.9. The average Bonchev–Trinajstić information content (AvgIpc) is 2.89. The molecule has 0 spiro atoms. The molecule has 6 amide bonds.